The van der Waals surface area contributed by atoms with E-state index in [-0.39, 0.29) is 28.4 Å². The number of rotatable bonds is 7. The van der Waals surface area contributed by atoms with Crippen molar-refractivity contribution < 1.29 is 18.1 Å². The summed E-state index contributed by atoms with van der Waals surface area (Å²) in [6.07, 6.45) is 0. The van der Waals surface area contributed by atoms with Crippen molar-refractivity contribution in [2.24, 2.45) is 0 Å². The lowest BCUT2D eigenvalue weighted by molar-refractivity contribution is -0.385. The Morgan fingerprint density at radius 3 is 2.40 bits per heavy atom. The maximum Gasteiger partial charge on any atom is 0.274 e. The van der Waals surface area contributed by atoms with E-state index in [0.717, 1.165) is 5.56 Å². The predicted octanol–water partition coefficient (Wildman–Crippen LogP) is 3.63. The molecule has 0 unspecified atom stereocenters. The summed E-state index contributed by atoms with van der Waals surface area (Å²) in [5, 5.41) is 13.7. The lowest BCUT2D eigenvalue weighted by Gasteiger charge is -2.10. The molecule has 8 nitrogen and oxygen atoms in total. The molecule has 3 aromatic rings. The molecule has 3 aromatic carbocycles. The lowest BCUT2D eigenvalue weighted by Crippen LogP contribution is -2.23. The zero-order valence-electron chi connectivity index (χ0n) is 16.0. The van der Waals surface area contributed by atoms with E-state index in [0.29, 0.717) is 5.56 Å². The third kappa shape index (κ3) is 4.88. The maximum absolute atomic E-state index is 12.6. The van der Waals surface area contributed by atoms with Gasteiger partial charge in [0.05, 0.1) is 21.1 Å². The SMILES string of the molecule is Cc1c(NC(=O)c2cccc(S(=O)(=O)NCc3ccccc3)c2)cccc1[N+](=O)[O-]. The Kier molecular flexibility index (Phi) is 6.24. The van der Waals surface area contributed by atoms with Crippen LogP contribution in [-0.2, 0) is 16.6 Å². The van der Waals surface area contributed by atoms with Gasteiger partial charge in [0.2, 0.25) is 10.0 Å². The average Bonchev–Trinajstić information content (AvgIpc) is 2.74. The van der Waals surface area contributed by atoms with Crippen LogP contribution in [0.5, 0.6) is 0 Å². The fraction of sp³-hybridized carbons (Fsp3) is 0.0952. The molecule has 0 heterocycles. The minimum atomic E-state index is -3.83. The highest BCUT2D eigenvalue weighted by molar-refractivity contribution is 7.89. The Hall–Kier alpha value is -3.56. The third-order valence-electron chi connectivity index (χ3n) is 4.47. The number of benzene rings is 3. The summed E-state index contributed by atoms with van der Waals surface area (Å²) in [4.78, 5) is 23.1. The Morgan fingerprint density at radius 2 is 1.70 bits per heavy atom. The summed E-state index contributed by atoms with van der Waals surface area (Å²) in [6.45, 7) is 1.65. The maximum atomic E-state index is 12.6. The molecule has 0 aliphatic rings. The van der Waals surface area contributed by atoms with Gasteiger partial charge in [0, 0.05) is 18.2 Å². The number of anilines is 1. The molecule has 154 valence electrons. The molecule has 30 heavy (non-hydrogen) atoms. The van der Waals surface area contributed by atoms with Gasteiger partial charge in [-0.1, -0.05) is 42.5 Å². The van der Waals surface area contributed by atoms with E-state index in [1.54, 1.807) is 18.2 Å². The van der Waals surface area contributed by atoms with E-state index in [9.17, 15) is 23.3 Å². The van der Waals surface area contributed by atoms with E-state index in [4.69, 9.17) is 0 Å². The third-order valence-corrected chi connectivity index (χ3v) is 5.86. The van der Waals surface area contributed by atoms with E-state index < -0.39 is 20.9 Å². The monoisotopic (exact) mass is 425 g/mol. The summed E-state index contributed by atoms with van der Waals surface area (Å²) >= 11 is 0. The molecule has 0 saturated heterocycles. The molecule has 0 bridgehead atoms. The van der Waals surface area contributed by atoms with Crippen molar-refractivity contribution in [1.29, 1.82) is 0 Å². The molecule has 1 amide bonds. The minimum absolute atomic E-state index is 0.0538. The van der Waals surface area contributed by atoms with E-state index >= 15 is 0 Å². The second-order valence-electron chi connectivity index (χ2n) is 6.50. The molecular formula is C21H19N3O5S. The molecule has 0 spiro atoms. The first-order valence-corrected chi connectivity index (χ1v) is 10.5. The van der Waals surface area contributed by atoms with Crippen molar-refractivity contribution in [3.63, 3.8) is 0 Å². The van der Waals surface area contributed by atoms with Gasteiger partial charge in [-0.3, -0.25) is 14.9 Å². The molecule has 0 saturated carbocycles. The number of nitrogens with one attached hydrogen (secondary N) is 2. The van der Waals surface area contributed by atoms with Gasteiger partial charge in [-0.2, -0.15) is 0 Å². The molecule has 3 rings (SSSR count). The van der Waals surface area contributed by atoms with Crippen molar-refractivity contribution in [3.8, 4) is 0 Å². The summed E-state index contributed by atoms with van der Waals surface area (Å²) < 4.78 is 27.7. The Balaban J connectivity index is 1.78. The smallest absolute Gasteiger partial charge is 0.274 e. The molecule has 0 atom stereocenters. The van der Waals surface area contributed by atoms with Gasteiger partial charge >= 0.3 is 0 Å². The average molecular weight is 425 g/mol. The van der Waals surface area contributed by atoms with Crippen LogP contribution in [-0.4, -0.2) is 19.2 Å². The van der Waals surface area contributed by atoms with Gasteiger partial charge in [-0.25, -0.2) is 13.1 Å². The van der Waals surface area contributed by atoms with Gasteiger partial charge in [0.1, 0.15) is 0 Å². The number of carbonyl (C=O) groups is 1. The topological polar surface area (TPSA) is 118 Å². The van der Waals surface area contributed by atoms with Gasteiger partial charge in [-0.15, -0.1) is 0 Å². The number of hydrogen-bond acceptors (Lipinski definition) is 5. The molecule has 9 heteroatoms. The number of nitro benzene ring substituents is 1. The summed E-state index contributed by atoms with van der Waals surface area (Å²) in [6, 6.07) is 19.0. The fourth-order valence-corrected chi connectivity index (χ4v) is 3.88. The fourth-order valence-electron chi connectivity index (χ4n) is 2.81. The molecule has 0 aromatic heterocycles. The van der Waals surface area contributed by atoms with Gasteiger partial charge < -0.3 is 5.32 Å². The highest BCUT2D eigenvalue weighted by Gasteiger charge is 2.18. The van der Waals surface area contributed by atoms with Crippen molar-refractivity contribution in [2.75, 3.05) is 5.32 Å². The zero-order chi connectivity index (χ0) is 21.7. The number of nitrogens with zero attached hydrogens (tertiary/aromatic N) is 1. The standard InChI is InChI=1S/C21H19N3O5S/c1-15-19(11-6-12-20(15)24(26)27)23-21(25)17-9-5-10-18(13-17)30(28,29)22-14-16-7-3-2-4-8-16/h2-13,22H,14H2,1H3,(H,23,25). The lowest BCUT2D eigenvalue weighted by atomic mass is 10.1. The first-order chi connectivity index (χ1) is 14.3. The van der Waals surface area contributed by atoms with E-state index in [2.05, 4.69) is 10.0 Å². The van der Waals surface area contributed by atoms with Crippen LogP contribution in [0.3, 0.4) is 0 Å². The van der Waals surface area contributed by atoms with Crippen molar-refractivity contribution in [2.45, 2.75) is 18.4 Å². The van der Waals surface area contributed by atoms with Crippen LogP contribution < -0.4 is 10.0 Å². The van der Waals surface area contributed by atoms with Crippen LogP contribution >= 0.6 is 0 Å². The van der Waals surface area contributed by atoms with Crippen LogP contribution in [0.2, 0.25) is 0 Å². The number of carbonyl (C=O) groups excluding carboxylic acids is 1. The largest absolute Gasteiger partial charge is 0.321 e. The predicted molar refractivity (Wildman–Crippen MR) is 113 cm³/mol. The van der Waals surface area contributed by atoms with Gasteiger partial charge in [0.15, 0.2) is 0 Å². The number of nitro groups is 1. The Morgan fingerprint density at radius 1 is 1.00 bits per heavy atom. The Bertz CT molecular complexity index is 1190. The molecular weight excluding hydrogens is 406 g/mol. The van der Waals surface area contributed by atoms with Gasteiger partial charge in [0.25, 0.3) is 11.6 Å². The molecule has 0 radical (unpaired) electrons. The summed E-state index contributed by atoms with van der Waals surface area (Å²) in [5.74, 6) is -0.571. The minimum Gasteiger partial charge on any atom is -0.321 e. The number of hydrogen-bond donors (Lipinski definition) is 2. The molecule has 0 aliphatic heterocycles. The van der Waals surface area contributed by atoms with E-state index in [1.807, 2.05) is 18.2 Å². The van der Waals surface area contributed by atoms with Gasteiger partial charge in [-0.05, 0) is 36.8 Å². The molecule has 0 fully saturated rings. The van der Waals surface area contributed by atoms with Crippen molar-refractivity contribution >= 4 is 27.3 Å². The van der Waals surface area contributed by atoms with Crippen LogP contribution in [0.1, 0.15) is 21.5 Å². The van der Waals surface area contributed by atoms with Crippen LogP contribution in [0.15, 0.2) is 77.7 Å². The first kappa shape index (κ1) is 21.2. The van der Waals surface area contributed by atoms with E-state index in [1.165, 1.54) is 43.3 Å². The normalized spacial score (nSPS) is 11.1. The highest BCUT2D eigenvalue weighted by atomic mass is 32.2. The highest BCUT2D eigenvalue weighted by Crippen LogP contribution is 2.25. The summed E-state index contributed by atoms with van der Waals surface area (Å²) in [7, 11) is -3.83. The first-order valence-electron chi connectivity index (χ1n) is 8.97. The second-order valence-corrected chi connectivity index (χ2v) is 8.27. The second kappa shape index (κ2) is 8.85. The van der Waals surface area contributed by atoms with Crippen molar-refractivity contribution in [1.82, 2.24) is 4.72 Å². The zero-order valence-corrected chi connectivity index (χ0v) is 16.8. The van der Waals surface area contributed by atoms with Crippen LogP contribution in [0.4, 0.5) is 11.4 Å². The van der Waals surface area contributed by atoms with Crippen LogP contribution in [0, 0.1) is 17.0 Å². The number of sulfonamides is 1. The summed E-state index contributed by atoms with van der Waals surface area (Å²) in [5.41, 5.74) is 1.39. The van der Waals surface area contributed by atoms with Crippen molar-refractivity contribution in [3.05, 3.63) is 99.6 Å². The quantitative estimate of drug-likeness (QED) is 0.443. The molecule has 0 aliphatic carbocycles. The number of amides is 1. The molecule has 2 N–H and O–H groups in total. The van der Waals surface area contributed by atoms with Crippen LogP contribution in [0.25, 0.3) is 0 Å². The Labute approximate surface area is 173 Å².